The lowest BCUT2D eigenvalue weighted by atomic mass is 10.4. The van der Waals surface area contributed by atoms with Gasteiger partial charge in [0.25, 0.3) is 5.56 Å². The van der Waals surface area contributed by atoms with Crippen molar-refractivity contribution < 1.29 is 0 Å². The zero-order valence-electron chi connectivity index (χ0n) is 9.61. The zero-order chi connectivity index (χ0) is 12.7. The Morgan fingerprint density at radius 2 is 2.22 bits per heavy atom. The second-order valence-electron chi connectivity index (χ2n) is 4.32. The van der Waals surface area contributed by atoms with Crippen molar-refractivity contribution in [2.24, 2.45) is 5.73 Å². The van der Waals surface area contributed by atoms with Crippen molar-refractivity contribution >= 4 is 17.2 Å². The minimum Gasteiger partial charge on any atom is -0.388 e. The van der Waals surface area contributed by atoms with Crippen LogP contribution in [0.5, 0.6) is 0 Å². The fourth-order valence-corrected chi connectivity index (χ4v) is 2.15. The van der Waals surface area contributed by atoms with Crippen molar-refractivity contribution in [2.75, 3.05) is 0 Å². The Kier molecular flexibility index (Phi) is 2.52. The Bertz CT molecular complexity index is 669. The summed E-state index contributed by atoms with van der Waals surface area (Å²) in [5.41, 5.74) is 6.16. The topological polar surface area (TPSA) is 65.8 Å². The minimum atomic E-state index is -0.103. The largest absolute Gasteiger partial charge is 0.388 e. The van der Waals surface area contributed by atoms with Crippen molar-refractivity contribution in [1.29, 1.82) is 0 Å². The highest BCUT2D eigenvalue weighted by Gasteiger charge is 2.25. The number of rotatable bonds is 3. The number of hydrogen-bond acceptors (Lipinski definition) is 3. The Morgan fingerprint density at radius 3 is 2.89 bits per heavy atom. The van der Waals surface area contributed by atoms with E-state index in [2.05, 4.69) is 4.98 Å². The summed E-state index contributed by atoms with van der Waals surface area (Å²) in [6.45, 7) is 0. The normalized spacial score (nSPS) is 14.7. The Hall–Kier alpha value is -1.95. The predicted molar refractivity (Wildman–Crippen MR) is 72.0 cm³/mol. The van der Waals surface area contributed by atoms with E-state index in [0.717, 1.165) is 12.8 Å². The van der Waals surface area contributed by atoms with Gasteiger partial charge in [0.1, 0.15) is 4.99 Å². The maximum Gasteiger partial charge on any atom is 0.294 e. The van der Waals surface area contributed by atoms with Crippen LogP contribution in [0, 0.1) is 0 Å². The average molecular weight is 260 g/mol. The molecule has 1 aliphatic rings. The maximum absolute atomic E-state index is 12.3. The standard InChI is InChI=1S/C12H12N4OS/c13-10(18)9-2-1-6-16(9)11-12(17)15(7-5-14-11)8-3-4-8/h1-2,5-8H,3-4H2,(H2,13,18). The lowest BCUT2D eigenvalue weighted by molar-refractivity contribution is 0.688. The van der Waals surface area contributed by atoms with Crippen molar-refractivity contribution in [3.8, 4) is 5.82 Å². The van der Waals surface area contributed by atoms with Gasteiger partial charge in [-0.25, -0.2) is 4.98 Å². The number of nitrogens with zero attached hydrogens (tertiary/aromatic N) is 3. The summed E-state index contributed by atoms with van der Waals surface area (Å²) in [5.74, 6) is 0.345. The second kappa shape index (κ2) is 4.06. The molecule has 1 aliphatic carbocycles. The lowest BCUT2D eigenvalue weighted by Crippen LogP contribution is -2.26. The van der Waals surface area contributed by atoms with Crippen molar-refractivity contribution in [3.63, 3.8) is 0 Å². The molecule has 6 heteroatoms. The molecular formula is C12H12N4OS. The SMILES string of the molecule is NC(=S)c1cccn1-c1nccn(C2CC2)c1=O. The highest BCUT2D eigenvalue weighted by Crippen LogP contribution is 2.33. The molecular weight excluding hydrogens is 248 g/mol. The zero-order valence-corrected chi connectivity index (χ0v) is 10.4. The second-order valence-corrected chi connectivity index (χ2v) is 4.76. The Labute approximate surface area is 109 Å². The number of thiocarbonyl (C=S) groups is 1. The fraction of sp³-hybridized carbons (Fsp3) is 0.250. The van der Waals surface area contributed by atoms with Crippen molar-refractivity contribution in [1.82, 2.24) is 14.1 Å². The number of aromatic nitrogens is 3. The van der Waals surface area contributed by atoms with E-state index in [1.165, 1.54) is 0 Å². The molecule has 0 amide bonds. The molecule has 0 bridgehead atoms. The first-order chi connectivity index (χ1) is 8.68. The molecule has 0 unspecified atom stereocenters. The van der Waals surface area contributed by atoms with E-state index >= 15 is 0 Å². The van der Waals surface area contributed by atoms with Crippen LogP contribution in [-0.4, -0.2) is 19.1 Å². The molecule has 1 fully saturated rings. The van der Waals surface area contributed by atoms with E-state index in [1.807, 2.05) is 0 Å². The third kappa shape index (κ3) is 1.74. The van der Waals surface area contributed by atoms with Crippen LogP contribution in [0.2, 0.25) is 0 Å². The molecule has 2 N–H and O–H groups in total. The first-order valence-corrected chi connectivity index (χ1v) is 6.14. The first kappa shape index (κ1) is 11.2. The quantitative estimate of drug-likeness (QED) is 0.836. The van der Waals surface area contributed by atoms with Crippen molar-refractivity contribution in [3.05, 3.63) is 46.8 Å². The number of nitrogens with two attached hydrogens (primary N) is 1. The van der Waals surface area contributed by atoms with E-state index in [9.17, 15) is 4.79 Å². The number of hydrogen-bond donors (Lipinski definition) is 1. The molecule has 0 aliphatic heterocycles. The summed E-state index contributed by atoms with van der Waals surface area (Å²) in [6.07, 6.45) is 7.22. The summed E-state index contributed by atoms with van der Waals surface area (Å²) < 4.78 is 3.37. The van der Waals surface area contributed by atoms with E-state index in [-0.39, 0.29) is 10.5 Å². The van der Waals surface area contributed by atoms with Gasteiger partial charge >= 0.3 is 0 Å². The molecule has 0 spiro atoms. The van der Waals surface area contributed by atoms with Crippen LogP contribution in [-0.2, 0) is 0 Å². The van der Waals surface area contributed by atoms with Gasteiger partial charge in [0.2, 0.25) is 5.82 Å². The molecule has 92 valence electrons. The summed E-state index contributed by atoms with van der Waals surface area (Å²) in [5, 5.41) is 0. The summed E-state index contributed by atoms with van der Waals surface area (Å²) in [4.78, 5) is 16.7. The maximum atomic E-state index is 12.3. The lowest BCUT2D eigenvalue weighted by Gasteiger charge is -2.09. The average Bonchev–Trinajstić information content (AvgIpc) is 3.06. The predicted octanol–water partition coefficient (Wildman–Crippen LogP) is 1.00. The summed E-state index contributed by atoms with van der Waals surface area (Å²) in [7, 11) is 0. The molecule has 2 aromatic heterocycles. The van der Waals surface area contributed by atoms with Crippen LogP contribution < -0.4 is 11.3 Å². The van der Waals surface area contributed by atoms with Crippen molar-refractivity contribution in [2.45, 2.75) is 18.9 Å². The highest BCUT2D eigenvalue weighted by molar-refractivity contribution is 7.80. The van der Waals surface area contributed by atoms with Crippen LogP contribution in [0.15, 0.2) is 35.5 Å². The van der Waals surface area contributed by atoms with Gasteiger partial charge in [0.15, 0.2) is 0 Å². The van der Waals surface area contributed by atoms with Gasteiger partial charge in [-0.2, -0.15) is 0 Å². The summed E-state index contributed by atoms with van der Waals surface area (Å²) in [6, 6.07) is 3.89. The molecule has 0 saturated heterocycles. The molecule has 0 aromatic carbocycles. The first-order valence-electron chi connectivity index (χ1n) is 5.73. The Balaban J connectivity index is 2.17. The molecule has 3 rings (SSSR count). The van der Waals surface area contributed by atoms with Crippen LogP contribution in [0.1, 0.15) is 24.6 Å². The van der Waals surface area contributed by atoms with Crippen LogP contribution in [0.4, 0.5) is 0 Å². The van der Waals surface area contributed by atoms with Gasteiger partial charge in [0, 0.05) is 24.6 Å². The molecule has 2 aromatic rings. The highest BCUT2D eigenvalue weighted by atomic mass is 32.1. The Morgan fingerprint density at radius 1 is 1.44 bits per heavy atom. The molecule has 1 saturated carbocycles. The third-order valence-electron chi connectivity index (χ3n) is 3.02. The van der Waals surface area contributed by atoms with Gasteiger partial charge in [-0.05, 0) is 25.0 Å². The van der Waals surface area contributed by atoms with Gasteiger partial charge in [-0.3, -0.25) is 9.36 Å². The molecule has 2 heterocycles. The molecule has 0 atom stereocenters. The minimum absolute atomic E-state index is 0.103. The van der Waals surface area contributed by atoms with Crippen LogP contribution >= 0.6 is 12.2 Å². The van der Waals surface area contributed by atoms with Crippen LogP contribution in [0.25, 0.3) is 5.82 Å². The van der Waals surface area contributed by atoms with E-state index in [4.69, 9.17) is 18.0 Å². The van der Waals surface area contributed by atoms with E-state index in [1.54, 1.807) is 39.9 Å². The molecule has 5 nitrogen and oxygen atoms in total. The molecule has 0 radical (unpaired) electrons. The third-order valence-corrected chi connectivity index (χ3v) is 3.23. The van der Waals surface area contributed by atoms with E-state index < -0.39 is 0 Å². The monoisotopic (exact) mass is 260 g/mol. The van der Waals surface area contributed by atoms with Gasteiger partial charge in [0.05, 0.1) is 5.69 Å². The smallest absolute Gasteiger partial charge is 0.294 e. The van der Waals surface area contributed by atoms with Gasteiger partial charge in [-0.15, -0.1) is 0 Å². The molecule has 18 heavy (non-hydrogen) atoms. The summed E-state index contributed by atoms with van der Waals surface area (Å²) >= 11 is 4.96. The van der Waals surface area contributed by atoms with Gasteiger partial charge < -0.3 is 10.3 Å². The fourth-order valence-electron chi connectivity index (χ4n) is 1.99. The van der Waals surface area contributed by atoms with Gasteiger partial charge in [-0.1, -0.05) is 12.2 Å². The van der Waals surface area contributed by atoms with E-state index in [0.29, 0.717) is 17.6 Å². The van der Waals surface area contributed by atoms with Crippen LogP contribution in [0.3, 0.4) is 0 Å².